The van der Waals surface area contributed by atoms with Gasteiger partial charge in [0.2, 0.25) is 5.88 Å². The zero-order valence-electron chi connectivity index (χ0n) is 20.9. The summed E-state index contributed by atoms with van der Waals surface area (Å²) >= 11 is 0. The van der Waals surface area contributed by atoms with Crippen molar-refractivity contribution >= 4 is 5.97 Å². The second-order valence-electron chi connectivity index (χ2n) is 8.81. The molecule has 4 rings (SSSR count). The van der Waals surface area contributed by atoms with Crippen molar-refractivity contribution in [3.63, 3.8) is 0 Å². The number of halogens is 3. The number of unbranched alkanes of at least 4 members (excludes halogenated alkanes) is 1. The molecule has 1 N–H and O–H groups in total. The van der Waals surface area contributed by atoms with Crippen molar-refractivity contribution in [3.05, 3.63) is 83.4 Å². The van der Waals surface area contributed by atoms with Crippen LogP contribution >= 0.6 is 0 Å². The fraction of sp³-hybridized carbons (Fsp3) is 0.333. The van der Waals surface area contributed by atoms with E-state index in [2.05, 4.69) is 15.2 Å². The van der Waals surface area contributed by atoms with E-state index in [-0.39, 0.29) is 6.42 Å². The van der Waals surface area contributed by atoms with Gasteiger partial charge in [0.25, 0.3) is 0 Å². The number of carboxylic acid groups (broad SMARTS) is 1. The van der Waals surface area contributed by atoms with Crippen molar-refractivity contribution in [2.45, 2.75) is 51.6 Å². The van der Waals surface area contributed by atoms with Gasteiger partial charge in [0, 0.05) is 24.2 Å². The molecular weight excluding hydrogens is 499 g/mol. The third-order valence-electron chi connectivity index (χ3n) is 5.87. The number of carboxylic acids is 1. The number of pyridine rings is 1. The first-order valence-electron chi connectivity index (χ1n) is 12.3. The van der Waals surface area contributed by atoms with E-state index in [9.17, 15) is 23.1 Å². The number of alkyl halides is 3. The lowest BCUT2D eigenvalue weighted by Gasteiger charge is -2.06. The Morgan fingerprint density at radius 1 is 0.974 bits per heavy atom. The number of hydrogen-bond acceptors (Lipinski definition) is 5. The van der Waals surface area contributed by atoms with Crippen molar-refractivity contribution in [1.29, 1.82) is 0 Å². The third kappa shape index (κ3) is 6.78. The minimum absolute atomic E-state index is 0.195. The molecule has 0 aliphatic heterocycles. The molecule has 0 saturated carbocycles. The molecule has 0 atom stereocenters. The minimum Gasteiger partial charge on any atom is -0.481 e. The molecule has 0 amide bonds. The first-order chi connectivity index (χ1) is 18.2. The summed E-state index contributed by atoms with van der Waals surface area (Å²) in [5, 5.41) is 18.2. The average Bonchev–Trinajstić information content (AvgIpc) is 3.48. The largest absolute Gasteiger partial charge is 0.481 e. The van der Waals surface area contributed by atoms with Crippen LogP contribution in [0.2, 0.25) is 0 Å². The molecule has 200 valence electrons. The predicted molar refractivity (Wildman–Crippen MR) is 134 cm³/mol. The van der Waals surface area contributed by atoms with Crippen molar-refractivity contribution in [3.8, 4) is 17.4 Å². The Labute approximate surface area is 217 Å². The number of ether oxygens (including phenoxy) is 1. The maximum atomic E-state index is 12.9. The second-order valence-corrected chi connectivity index (χ2v) is 8.81. The van der Waals surface area contributed by atoms with E-state index in [4.69, 9.17) is 4.74 Å². The molecule has 0 spiro atoms. The van der Waals surface area contributed by atoms with Gasteiger partial charge < -0.3 is 9.84 Å². The highest BCUT2D eigenvalue weighted by Crippen LogP contribution is 2.29. The van der Waals surface area contributed by atoms with Crippen LogP contribution in [0.25, 0.3) is 11.5 Å². The summed E-state index contributed by atoms with van der Waals surface area (Å²) in [6.45, 7) is 2.40. The van der Waals surface area contributed by atoms with Gasteiger partial charge in [-0.2, -0.15) is 18.3 Å². The Bertz CT molecular complexity index is 1350. The summed E-state index contributed by atoms with van der Waals surface area (Å²) in [7, 11) is 0. The molecule has 0 fully saturated rings. The SMILES string of the molecule is CCCc1nn(-c2ccc(C(F)(F)F)cn2)cc1CCCCOc1nn(-c2ccccc2)cc1CC(=O)O. The number of benzene rings is 1. The molecule has 38 heavy (non-hydrogen) atoms. The Kier molecular flexibility index (Phi) is 8.45. The summed E-state index contributed by atoms with van der Waals surface area (Å²) in [5.74, 6) is -0.348. The van der Waals surface area contributed by atoms with Crippen LogP contribution in [0.15, 0.2) is 61.1 Å². The van der Waals surface area contributed by atoms with Crippen LogP contribution in [0.1, 0.15) is 48.6 Å². The van der Waals surface area contributed by atoms with Gasteiger partial charge in [-0.3, -0.25) is 4.79 Å². The zero-order chi connectivity index (χ0) is 27.1. The fourth-order valence-electron chi connectivity index (χ4n) is 4.01. The van der Waals surface area contributed by atoms with Crippen LogP contribution < -0.4 is 4.74 Å². The van der Waals surface area contributed by atoms with E-state index in [0.29, 0.717) is 36.7 Å². The molecular formula is C27H28F3N5O3. The Morgan fingerprint density at radius 2 is 1.74 bits per heavy atom. The van der Waals surface area contributed by atoms with Gasteiger partial charge >= 0.3 is 12.1 Å². The molecule has 11 heteroatoms. The summed E-state index contributed by atoms with van der Waals surface area (Å²) in [5.41, 5.74) is 2.39. The lowest BCUT2D eigenvalue weighted by Crippen LogP contribution is -2.07. The molecule has 1 aromatic carbocycles. The average molecular weight is 528 g/mol. The number of carbonyl (C=O) groups is 1. The van der Waals surface area contributed by atoms with E-state index in [1.807, 2.05) is 43.5 Å². The minimum atomic E-state index is -4.44. The maximum absolute atomic E-state index is 12.9. The van der Waals surface area contributed by atoms with Crippen LogP contribution in [0.5, 0.6) is 5.88 Å². The van der Waals surface area contributed by atoms with E-state index in [0.717, 1.165) is 48.5 Å². The van der Waals surface area contributed by atoms with Crippen LogP contribution in [-0.2, 0) is 30.2 Å². The fourth-order valence-corrected chi connectivity index (χ4v) is 4.01. The van der Waals surface area contributed by atoms with Crippen molar-refractivity contribution in [2.75, 3.05) is 6.61 Å². The van der Waals surface area contributed by atoms with Gasteiger partial charge in [-0.25, -0.2) is 14.3 Å². The summed E-state index contributed by atoms with van der Waals surface area (Å²) in [4.78, 5) is 15.2. The number of hydrogen-bond donors (Lipinski definition) is 1. The standard InChI is InChI=1S/C27H28F3N5O3/c1-2-8-23-19(17-35(32-23)24-13-12-21(16-31-24)27(28,29)30)9-6-7-14-38-26-20(15-25(36)37)18-34(33-26)22-10-4-3-5-11-22/h3-5,10-13,16-18H,2,6-9,14-15H2,1H3,(H,36,37). The van der Waals surface area contributed by atoms with Crippen molar-refractivity contribution in [1.82, 2.24) is 24.5 Å². The molecule has 4 aromatic rings. The molecule has 3 heterocycles. The van der Waals surface area contributed by atoms with Crippen molar-refractivity contribution in [2.24, 2.45) is 0 Å². The summed E-state index contributed by atoms with van der Waals surface area (Å²) < 4.78 is 47.5. The van der Waals surface area contributed by atoms with E-state index in [1.165, 1.54) is 10.7 Å². The maximum Gasteiger partial charge on any atom is 0.417 e. The van der Waals surface area contributed by atoms with Crippen LogP contribution in [-0.4, -0.2) is 42.2 Å². The molecule has 0 aliphatic rings. The van der Waals surface area contributed by atoms with E-state index >= 15 is 0 Å². The molecule has 0 unspecified atom stereocenters. The van der Waals surface area contributed by atoms with Crippen LogP contribution in [0.4, 0.5) is 13.2 Å². The predicted octanol–water partition coefficient (Wildman–Crippen LogP) is 5.45. The van der Waals surface area contributed by atoms with Gasteiger partial charge in [-0.05, 0) is 55.5 Å². The van der Waals surface area contributed by atoms with Gasteiger partial charge in [0.15, 0.2) is 5.82 Å². The number of aliphatic carboxylic acids is 1. The first-order valence-corrected chi connectivity index (χ1v) is 12.3. The Morgan fingerprint density at radius 3 is 2.39 bits per heavy atom. The lowest BCUT2D eigenvalue weighted by atomic mass is 10.1. The highest BCUT2D eigenvalue weighted by atomic mass is 19.4. The number of para-hydroxylation sites is 1. The quantitative estimate of drug-likeness (QED) is 0.246. The van der Waals surface area contributed by atoms with Gasteiger partial charge in [-0.1, -0.05) is 31.5 Å². The Balaban J connectivity index is 1.37. The lowest BCUT2D eigenvalue weighted by molar-refractivity contribution is -0.138. The first kappa shape index (κ1) is 26.9. The molecule has 0 radical (unpaired) electrons. The molecule has 0 aliphatic carbocycles. The third-order valence-corrected chi connectivity index (χ3v) is 5.87. The van der Waals surface area contributed by atoms with Gasteiger partial charge in [-0.15, -0.1) is 5.10 Å². The number of rotatable bonds is 12. The van der Waals surface area contributed by atoms with Crippen molar-refractivity contribution < 1.29 is 27.8 Å². The number of aryl methyl sites for hydroxylation is 2. The van der Waals surface area contributed by atoms with Gasteiger partial charge in [0.05, 0.1) is 30.0 Å². The normalized spacial score (nSPS) is 11.6. The molecule has 0 bridgehead atoms. The van der Waals surface area contributed by atoms with E-state index in [1.54, 1.807) is 10.9 Å². The monoisotopic (exact) mass is 527 g/mol. The number of aromatic nitrogens is 5. The zero-order valence-corrected chi connectivity index (χ0v) is 20.9. The summed E-state index contributed by atoms with van der Waals surface area (Å²) in [6, 6.07) is 11.7. The Hall–Kier alpha value is -4.15. The topological polar surface area (TPSA) is 95.1 Å². The van der Waals surface area contributed by atoms with Gasteiger partial charge in [0.1, 0.15) is 0 Å². The molecule has 3 aromatic heterocycles. The second kappa shape index (κ2) is 11.9. The van der Waals surface area contributed by atoms with Crippen LogP contribution in [0.3, 0.4) is 0 Å². The van der Waals surface area contributed by atoms with Crippen LogP contribution in [0, 0.1) is 0 Å². The highest BCUT2D eigenvalue weighted by Gasteiger charge is 2.30. The van der Waals surface area contributed by atoms with E-state index < -0.39 is 17.7 Å². The highest BCUT2D eigenvalue weighted by molar-refractivity contribution is 5.71. The number of nitrogens with zero attached hydrogens (tertiary/aromatic N) is 5. The molecule has 8 nitrogen and oxygen atoms in total. The summed E-state index contributed by atoms with van der Waals surface area (Å²) in [6.07, 6.45) is 3.46. The smallest absolute Gasteiger partial charge is 0.417 e. The molecule has 0 saturated heterocycles.